The number of nitro benzene ring substituents is 1. The van der Waals surface area contributed by atoms with Gasteiger partial charge in [0.25, 0.3) is 5.69 Å². The van der Waals surface area contributed by atoms with E-state index in [-0.39, 0.29) is 10.6 Å². The van der Waals surface area contributed by atoms with Crippen LogP contribution >= 0.6 is 0 Å². The number of aromatic nitrogens is 3. The highest BCUT2D eigenvalue weighted by molar-refractivity contribution is 5.62. The minimum absolute atomic E-state index is 0.139. The van der Waals surface area contributed by atoms with Crippen molar-refractivity contribution in [3.8, 4) is 11.4 Å². The largest absolute Gasteiger partial charge is 0.381 e. The molecule has 0 bridgehead atoms. The molecule has 0 aliphatic rings. The molecule has 0 unspecified atom stereocenters. The molecule has 2 aromatic carbocycles. The van der Waals surface area contributed by atoms with Crippen LogP contribution in [0.4, 0.5) is 11.4 Å². The molecule has 1 aromatic heterocycles. The van der Waals surface area contributed by atoms with Crippen molar-refractivity contribution in [2.24, 2.45) is 0 Å². The van der Waals surface area contributed by atoms with Crippen LogP contribution in [0.5, 0.6) is 0 Å². The van der Waals surface area contributed by atoms with Crippen LogP contribution in [0.1, 0.15) is 11.1 Å². The van der Waals surface area contributed by atoms with Gasteiger partial charge in [-0.2, -0.15) is 5.10 Å². The van der Waals surface area contributed by atoms with Gasteiger partial charge in [0.2, 0.25) is 0 Å². The maximum atomic E-state index is 11.0. The summed E-state index contributed by atoms with van der Waals surface area (Å²) >= 11 is 0. The number of anilines is 1. The van der Waals surface area contributed by atoms with E-state index in [4.69, 9.17) is 0 Å². The van der Waals surface area contributed by atoms with Gasteiger partial charge >= 0.3 is 0 Å². The predicted octanol–water partition coefficient (Wildman–Crippen LogP) is 3.30. The van der Waals surface area contributed by atoms with Crippen LogP contribution in [-0.2, 0) is 6.54 Å². The number of nitrogens with one attached hydrogen (secondary N) is 2. The maximum Gasteiger partial charge on any atom is 0.272 e. The lowest BCUT2D eigenvalue weighted by Crippen LogP contribution is -2.01. The molecule has 0 aliphatic carbocycles. The summed E-state index contributed by atoms with van der Waals surface area (Å²) in [4.78, 5) is 14.8. The Kier molecular flexibility index (Phi) is 4.01. The first-order chi connectivity index (χ1) is 11.1. The Bertz CT molecular complexity index is 830. The highest BCUT2D eigenvalue weighted by Crippen LogP contribution is 2.22. The molecule has 0 atom stereocenters. The van der Waals surface area contributed by atoms with E-state index in [0.717, 1.165) is 16.8 Å². The summed E-state index contributed by atoms with van der Waals surface area (Å²) in [7, 11) is 0. The molecule has 116 valence electrons. The van der Waals surface area contributed by atoms with Crippen LogP contribution < -0.4 is 5.32 Å². The van der Waals surface area contributed by atoms with Crippen LogP contribution in [0.3, 0.4) is 0 Å². The zero-order valence-corrected chi connectivity index (χ0v) is 12.5. The van der Waals surface area contributed by atoms with Crippen molar-refractivity contribution in [3.05, 3.63) is 70.0 Å². The van der Waals surface area contributed by atoms with E-state index in [0.29, 0.717) is 17.9 Å². The molecule has 0 saturated carbocycles. The molecule has 0 saturated heterocycles. The third-order valence-electron chi connectivity index (χ3n) is 3.52. The number of nitro groups is 1. The summed E-state index contributed by atoms with van der Waals surface area (Å²) in [5.41, 5.74) is 3.47. The quantitative estimate of drug-likeness (QED) is 0.556. The van der Waals surface area contributed by atoms with Crippen LogP contribution in [0.25, 0.3) is 11.4 Å². The molecule has 7 nitrogen and oxygen atoms in total. The Labute approximate surface area is 132 Å². The van der Waals surface area contributed by atoms with E-state index >= 15 is 0 Å². The van der Waals surface area contributed by atoms with Gasteiger partial charge in [0.1, 0.15) is 6.33 Å². The van der Waals surface area contributed by atoms with Gasteiger partial charge in [-0.3, -0.25) is 15.2 Å². The molecule has 0 radical (unpaired) electrons. The van der Waals surface area contributed by atoms with E-state index in [2.05, 4.69) is 20.5 Å². The summed E-state index contributed by atoms with van der Waals surface area (Å²) in [6, 6.07) is 13.0. The molecule has 7 heteroatoms. The SMILES string of the molecule is Cc1ccc(CNc2cccc(-c3ncn[nH]3)c2)cc1[N+](=O)[O-]. The molecule has 23 heavy (non-hydrogen) atoms. The normalized spacial score (nSPS) is 10.5. The summed E-state index contributed by atoms with van der Waals surface area (Å²) in [5, 5.41) is 20.9. The number of H-pyrrole nitrogens is 1. The summed E-state index contributed by atoms with van der Waals surface area (Å²) < 4.78 is 0. The van der Waals surface area contributed by atoms with Gasteiger partial charge in [0.15, 0.2) is 5.82 Å². The molecule has 3 rings (SSSR count). The summed E-state index contributed by atoms with van der Waals surface area (Å²) in [5.74, 6) is 0.694. The van der Waals surface area contributed by atoms with E-state index in [1.807, 2.05) is 30.3 Å². The van der Waals surface area contributed by atoms with Gasteiger partial charge in [0.05, 0.1) is 4.92 Å². The number of hydrogen-bond donors (Lipinski definition) is 2. The Morgan fingerprint density at radius 1 is 1.26 bits per heavy atom. The smallest absolute Gasteiger partial charge is 0.272 e. The van der Waals surface area contributed by atoms with Gasteiger partial charge in [-0.05, 0) is 24.6 Å². The zero-order chi connectivity index (χ0) is 16.2. The Morgan fingerprint density at radius 3 is 2.87 bits per heavy atom. The zero-order valence-electron chi connectivity index (χ0n) is 12.5. The molecule has 0 aliphatic heterocycles. The van der Waals surface area contributed by atoms with Crippen LogP contribution in [-0.4, -0.2) is 20.1 Å². The molecule has 0 amide bonds. The monoisotopic (exact) mass is 309 g/mol. The second-order valence-electron chi connectivity index (χ2n) is 5.15. The van der Waals surface area contributed by atoms with E-state index in [1.54, 1.807) is 19.1 Å². The number of hydrogen-bond acceptors (Lipinski definition) is 5. The topological polar surface area (TPSA) is 96.7 Å². The maximum absolute atomic E-state index is 11.0. The van der Waals surface area contributed by atoms with E-state index in [9.17, 15) is 10.1 Å². The third-order valence-corrected chi connectivity index (χ3v) is 3.52. The molecule has 2 N–H and O–H groups in total. The number of aryl methyl sites for hydroxylation is 1. The first kappa shape index (κ1) is 14.7. The average molecular weight is 309 g/mol. The van der Waals surface area contributed by atoms with Crippen molar-refractivity contribution in [3.63, 3.8) is 0 Å². The van der Waals surface area contributed by atoms with Crippen LogP contribution in [0.2, 0.25) is 0 Å². The molecule has 3 aromatic rings. The highest BCUT2D eigenvalue weighted by Gasteiger charge is 2.10. The van der Waals surface area contributed by atoms with Crippen molar-refractivity contribution < 1.29 is 4.92 Å². The Morgan fingerprint density at radius 2 is 2.13 bits per heavy atom. The van der Waals surface area contributed by atoms with Gasteiger partial charge in [-0.25, -0.2) is 4.98 Å². The average Bonchev–Trinajstić information content (AvgIpc) is 3.08. The van der Waals surface area contributed by atoms with E-state index < -0.39 is 0 Å². The molecule has 1 heterocycles. The first-order valence-electron chi connectivity index (χ1n) is 7.07. The Balaban J connectivity index is 1.75. The van der Waals surface area contributed by atoms with Gasteiger partial charge < -0.3 is 5.32 Å². The van der Waals surface area contributed by atoms with Gasteiger partial charge in [-0.15, -0.1) is 0 Å². The molecular formula is C16H15N5O2. The second-order valence-corrected chi connectivity index (χ2v) is 5.15. The van der Waals surface area contributed by atoms with Crippen molar-refractivity contribution in [2.45, 2.75) is 13.5 Å². The standard InChI is InChI=1S/C16H15N5O2/c1-11-5-6-12(7-15(11)21(22)23)9-17-14-4-2-3-13(8-14)16-18-10-19-20-16/h2-8,10,17H,9H2,1H3,(H,18,19,20). The van der Waals surface area contributed by atoms with Crippen molar-refractivity contribution in [1.82, 2.24) is 15.2 Å². The van der Waals surface area contributed by atoms with Gasteiger partial charge in [-0.1, -0.05) is 24.3 Å². The minimum atomic E-state index is -0.358. The lowest BCUT2D eigenvalue weighted by atomic mass is 10.1. The van der Waals surface area contributed by atoms with Crippen molar-refractivity contribution in [1.29, 1.82) is 0 Å². The molecular weight excluding hydrogens is 294 g/mol. The fourth-order valence-electron chi connectivity index (χ4n) is 2.29. The number of benzene rings is 2. The lowest BCUT2D eigenvalue weighted by molar-refractivity contribution is -0.385. The second kappa shape index (κ2) is 6.27. The number of rotatable bonds is 5. The van der Waals surface area contributed by atoms with E-state index in [1.165, 1.54) is 6.33 Å². The fraction of sp³-hybridized carbons (Fsp3) is 0.125. The molecule has 0 fully saturated rings. The number of nitrogens with zero attached hydrogens (tertiary/aromatic N) is 3. The molecule has 0 spiro atoms. The van der Waals surface area contributed by atoms with Crippen LogP contribution in [0.15, 0.2) is 48.8 Å². The minimum Gasteiger partial charge on any atom is -0.381 e. The van der Waals surface area contributed by atoms with Gasteiger partial charge in [0, 0.05) is 29.4 Å². The summed E-state index contributed by atoms with van der Waals surface area (Å²) in [6.45, 7) is 2.23. The summed E-state index contributed by atoms with van der Waals surface area (Å²) in [6.07, 6.45) is 1.46. The highest BCUT2D eigenvalue weighted by atomic mass is 16.6. The third kappa shape index (κ3) is 3.34. The number of aromatic amines is 1. The van der Waals surface area contributed by atoms with Crippen molar-refractivity contribution in [2.75, 3.05) is 5.32 Å². The predicted molar refractivity (Wildman–Crippen MR) is 87.0 cm³/mol. The van der Waals surface area contributed by atoms with Crippen LogP contribution in [0, 0.1) is 17.0 Å². The fourth-order valence-corrected chi connectivity index (χ4v) is 2.29. The first-order valence-corrected chi connectivity index (χ1v) is 7.07. The Hall–Kier alpha value is -3.22. The lowest BCUT2D eigenvalue weighted by Gasteiger charge is -2.08. The van der Waals surface area contributed by atoms with Crippen molar-refractivity contribution >= 4 is 11.4 Å².